The number of nitrogens with one attached hydrogen (secondary N) is 2. The minimum atomic E-state index is 0. The Hall–Kier alpha value is -1.26. The molecule has 1 aliphatic heterocycles. The van der Waals surface area contributed by atoms with Crippen molar-refractivity contribution < 1.29 is 9.53 Å². The highest BCUT2D eigenvalue weighted by Crippen LogP contribution is 2.18. The number of halogens is 1. The predicted octanol–water partition coefficient (Wildman–Crippen LogP) is 1.92. The van der Waals surface area contributed by atoms with Crippen molar-refractivity contribution in [3.05, 3.63) is 29.8 Å². The Morgan fingerprint density at radius 3 is 2.95 bits per heavy atom. The van der Waals surface area contributed by atoms with Gasteiger partial charge in [0.1, 0.15) is 5.75 Å². The van der Waals surface area contributed by atoms with Crippen LogP contribution in [0.25, 0.3) is 0 Å². The summed E-state index contributed by atoms with van der Waals surface area (Å²) in [4.78, 5) is 11.8. The zero-order valence-electron chi connectivity index (χ0n) is 11.9. The molecule has 0 saturated carbocycles. The zero-order chi connectivity index (χ0) is 13.5. The number of hydrogen-bond acceptors (Lipinski definition) is 3. The minimum Gasteiger partial charge on any atom is -0.494 e. The van der Waals surface area contributed by atoms with Gasteiger partial charge in [-0.15, -0.1) is 12.4 Å². The molecule has 20 heavy (non-hydrogen) atoms. The highest BCUT2D eigenvalue weighted by molar-refractivity contribution is 5.85. The van der Waals surface area contributed by atoms with Crippen LogP contribution in [0, 0.1) is 0 Å². The first-order valence-corrected chi connectivity index (χ1v) is 7.03. The highest BCUT2D eigenvalue weighted by atomic mass is 35.5. The molecule has 0 radical (unpaired) electrons. The van der Waals surface area contributed by atoms with E-state index in [1.165, 1.54) is 0 Å². The van der Waals surface area contributed by atoms with Crippen molar-refractivity contribution >= 4 is 18.3 Å². The topological polar surface area (TPSA) is 50.4 Å². The first-order valence-electron chi connectivity index (χ1n) is 7.03. The first-order chi connectivity index (χ1) is 9.31. The van der Waals surface area contributed by atoms with Crippen LogP contribution in [-0.4, -0.2) is 31.6 Å². The second-order valence-corrected chi connectivity index (χ2v) is 4.73. The van der Waals surface area contributed by atoms with Crippen LogP contribution >= 0.6 is 12.4 Å². The number of rotatable bonds is 6. The molecule has 1 aromatic rings. The minimum absolute atomic E-state index is 0. The third-order valence-corrected chi connectivity index (χ3v) is 3.34. The molecule has 112 valence electrons. The van der Waals surface area contributed by atoms with Gasteiger partial charge in [0.05, 0.1) is 12.6 Å². The van der Waals surface area contributed by atoms with Gasteiger partial charge in [0.25, 0.3) is 0 Å². The molecule has 1 unspecified atom stereocenters. The van der Waals surface area contributed by atoms with Gasteiger partial charge < -0.3 is 15.4 Å². The van der Waals surface area contributed by atoms with Gasteiger partial charge in [0, 0.05) is 6.54 Å². The Balaban J connectivity index is 0.00000200. The van der Waals surface area contributed by atoms with Gasteiger partial charge in [-0.05, 0) is 44.4 Å². The molecule has 0 bridgehead atoms. The van der Waals surface area contributed by atoms with Crippen LogP contribution in [-0.2, 0) is 11.2 Å². The largest absolute Gasteiger partial charge is 0.494 e. The Labute approximate surface area is 126 Å². The van der Waals surface area contributed by atoms with Crippen molar-refractivity contribution in [2.45, 2.75) is 32.2 Å². The molecule has 0 aliphatic carbocycles. The van der Waals surface area contributed by atoms with Crippen LogP contribution < -0.4 is 15.4 Å². The van der Waals surface area contributed by atoms with Gasteiger partial charge in [-0.3, -0.25) is 4.79 Å². The molecule has 1 atom stereocenters. The van der Waals surface area contributed by atoms with E-state index in [0.717, 1.165) is 37.1 Å². The van der Waals surface area contributed by atoms with E-state index in [0.29, 0.717) is 13.2 Å². The summed E-state index contributed by atoms with van der Waals surface area (Å²) in [6, 6.07) is 7.99. The molecule has 1 fully saturated rings. The molecular weight excluding hydrogens is 276 g/mol. The Morgan fingerprint density at radius 2 is 2.25 bits per heavy atom. The van der Waals surface area contributed by atoms with E-state index in [-0.39, 0.29) is 24.4 Å². The molecule has 1 heterocycles. The number of para-hydroxylation sites is 1. The number of hydrogen-bond donors (Lipinski definition) is 2. The molecule has 2 N–H and O–H groups in total. The number of carbonyl (C=O) groups is 1. The summed E-state index contributed by atoms with van der Waals surface area (Å²) in [6.07, 6.45) is 2.83. The van der Waals surface area contributed by atoms with E-state index in [9.17, 15) is 4.79 Å². The van der Waals surface area contributed by atoms with Gasteiger partial charge in [-0.25, -0.2) is 0 Å². The maximum atomic E-state index is 11.8. The van der Waals surface area contributed by atoms with Crippen LogP contribution in [0.3, 0.4) is 0 Å². The van der Waals surface area contributed by atoms with E-state index in [2.05, 4.69) is 10.6 Å². The summed E-state index contributed by atoms with van der Waals surface area (Å²) < 4.78 is 5.57. The van der Waals surface area contributed by atoms with E-state index in [1.807, 2.05) is 31.2 Å². The lowest BCUT2D eigenvalue weighted by atomic mass is 10.1. The van der Waals surface area contributed by atoms with Gasteiger partial charge in [-0.1, -0.05) is 18.2 Å². The summed E-state index contributed by atoms with van der Waals surface area (Å²) in [5.41, 5.74) is 1.14. The number of ether oxygens (including phenoxy) is 1. The Bertz CT molecular complexity index is 420. The Kier molecular flexibility index (Phi) is 7.41. The van der Waals surface area contributed by atoms with Crippen molar-refractivity contribution in [3.63, 3.8) is 0 Å². The van der Waals surface area contributed by atoms with Crippen LogP contribution in [0.4, 0.5) is 0 Å². The number of benzene rings is 1. The standard InChI is InChI=1S/C15H22N2O2.ClH/c1-2-19-14-8-4-3-6-12(14)9-11-17-15(18)13-7-5-10-16-13;/h3-4,6,8,13,16H,2,5,7,9-11H2,1H3,(H,17,18);1H. The van der Waals surface area contributed by atoms with Crippen molar-refractivity contribution in [1.29, 1.82) is 0 Å². The fourth-order valence-electron chi connectivity index (χ4n) is 2.36. The molecular formula is C15H23ClN2O2. The number of carbonyl (C=O) groups excluding carboxylic acids is 1. The van der Waals surface area contributed by atoms with Crippen LogP contribution in [0.2, 0.25) is 0 Å². The SMILES string of the molecule is CCOc1ccccc1CCNC(=O)C1CCCN1.Cl. The van der Waals surface area contributed by atoms with E-state index in [4.69, 9.17) is 4.74 Å². The van der Waals surface area contributed by atoms with Crippen molar-refractivity contribution in [2.75, 3.05) is 19.7 Å². The molecule has 0 aromatic heterocycles. The van der Waals surface area contributed by atoms with Gasteiger partial charge in [0.15, 0.2) is 0 Å². The Morgan fingerprint density at radius 1 is 1.45 bits per heavy atom. The summed E-state index contributed by atoms with van der Waals surface area (Å²) >= 11 is 0. The average Bonchev–Trinajstić information content (AvgIpc) is 2.95. The van der Waals surface area contributed by atoms with Crippen LogP contribution in [0.15, 0.2) is 24.3 Å². The summed E-state index contributed by atoms with van der Waals surface area (Å²) in [5, 5.41) is 6.19. The summed E-state index contributed by atoms with van der Waals surface area (Å²) in [7, 11) is 0. The van der Waals surface area contributed by atoms with E-state index >= 15 is 0 Å². The predicted molar refractivity (Wildman–Crippen MR) is 82.6 cm³/mol. The van der Waals surface area contributed by atoms with Crippen molar-refractivity contribution in [1.82, 2.24) is 10.6 Å². The maximum Gasteiger partial charge on any atom is 0.237 e. The molecule has 1 aromatic carbocycles. The average molecular weight is 299 g/mol. The summed E-state index contributed by atoms with van der Waals surface area (Å²) in [5.74, 6) is 1.03. The molecule has 4 nitrogen and oxygen atoms in total. The molecule has 1 saturated heterocycles. The smallest absolute Gasteiger partial charge is 0.237 e. The highest BCUT2D eigenvalue weighted by Gasteiger charge is 2.21. The monoisotopic (exact) mass is 298 g/mol. The van der Waals surface area contributed by atoms with Crippen LogP contribution in [0.1, 0.15) is 25.3 Å². The molecule has 1 aliphatic rings. The fourth-order valence-corrected chi connectivity index (χ4v) is 2.36. The third kappa shape index (κ3) is 4.69. The zero-order valence-corrected chi connectivity index (χ0v) is 12.7. The lowest BCUT2D eigenvalue weighted by molar-refractivity contribution is -0.122. The fraction of sp³-hybridized carbons (Fsp3) is 0.533. The summed E-state index contributed by atoms with van der Waals surface area (Å²) in [6.45, 7) is 4.24. The van der Waals surface area contributed by atoms with Gasteiger partial charge >= 0.3 is 0 Å². The van der Waals surface area contributed by atoms with Gasteiger partial charge in [0.2, 0.25) is 5.91 Å². The molecule has 1 amide bonds. The number of amides is 1. The maximum absolute atomic E-state index is 11.8. The van der Waals surface area contributed by atoms with Crippen molar-refractivity contribution in [2.24, 2.45) is 0 Å². The van der Waals surface area contributed by atoms with E-state index in [1.54, 1.807) is 0 Å². The van der Waals surface area contributed by atoms with Gasteiger partial charge in [-0.2, -0.15) is 0 Å². The van der Waals surface area contributed by atoms with E-state index < -0.39 is 0 Å². The lowest BCUT2D eigenvalue weighted by Crippen LogP contribution is -2.41. The van der Waals surface area contributed by atoms with Crippen LogP contribution in [0.5, 0.6) is 5.75 Å². The molecule has 2 rings (SSSR count). The normalized spacial score (nSPS) is 17.4. The quantitative estimate of drug-likeness (QED) is 0.843. The van der Waals surface area contributed by atoms with Crippen molar-refractivity contribution in [3.8, 4) is 5.75 Å². The third-order valence-electron chi connectivity index (χ3n) is 3.34. The molecule has 5 heteroatoms. The second kappa shape index (κ2) is 8.82. The lowest BCUT2D eigenvalue weighted by Gasteiger charge is -2.13. The second-order valence-electron chi connectivity index (χ2n) is 4.73. The first kappa shape index (κ1) is 16.8. The molecule has 0 spiro atoms.